The fourth-order valence-electron chi connectivity index (χ4n) is 6.05. The highest BCUT2D eigenvalue weighted by atomic mass is 16.5. The third-order valence-corrected chi connectivity index (χ3v) is 7.86. The molecular weight excluding hydrogens is 464 g/mol. The van der Waals surface area contributed by atoms with Gasteiger partial charge in [-0.25, -0.2) is 4.98 Å². The third-order valence-electron chi connectivity index (χ3n) is 7.86. The molecule has 0 saturated carbocycles. The Hall–Kier alpha value is -3.58. The van der Waals surface area contributed by atoms with Crippen LogP contribution in [0.15, 0.2) is 54.5 Å². The van der Waals surface area contributed by atoms with E-state index in [0.29, 0.717) is 0 Å². The van der Waals surface area contributed by atoms with Crippen molar-refractivity contribution < 1.29 is 14.3 Å². The topological polar surface area (TPSA) is 59.8 Å². The van der Waals surface area contributed by atoms with Crippen LogP contribution in [0.2, 0.25) is 0 Å². The number of amides is 1. The first-order chi connectivity index (χ1) is 18.1. The van der Waals surface area contributed by atoms with E-state index < -0.39 is 0 Å². The maximum Gasteiger partial charge on any atom is 0.250 e. The molecule has 7 nitrogen and oxygen atoms in total. The SMILES string of the molecule is COc1cc(C=C2CCCN(C3CCc4c3cccc4N3CCOCC3)C2=O)ccc1-n1cnc(C)c1. The van der Waals surface area contributed by atoms with E-state index in [1.807, 2.05) is 42.0 Å². The average molecular weight is 499 g/mol. The van der Waals surface area contributed by atoms with Crippen LogP contribution in [-0.2, 0) is 16.0 Å². The minimum atomic E-state index is 0.147. The van der Waals surface area contributed by atoms with Crippen LogP contribution >= 0.6 is 0 Å². The lowest BCUT2D eigenvalue weighted by Crippen LogP contribution is -2.39. The zero-order chi connectivity index (χ0) is 25.4. The Morgan fingerprint density at radius 1 is 1.08 bits per heavy atom. The molecule has 2 fully saturated rings. The van der Waals surface area contributed by atoms with Crippen molar-refractivity contribution in [2.75, 3.05) is 44.9 Å². The Labute approximate surface area is 218 Å². The Bertz CT molecular complexity index is 1340. The van der Waals surface area contributed by atoms with Crippen LogP contribution in [0.5, 0.6) is 5.75 Å². The summed E-state index contributed by atoms with van der Waals surface area (Å²) in [5.74, 6) is 0.918. The number of hydrogen-bond donors (Lipinski definition) is 0. The number of carbonyl (C=O) groups is 1. The molecule has 1 amide bonds. The summed E-state index contributed by atoms with van der Waals surface area (Å²) in [6.45, 7) is 6.19. The zero-order valence-electron chi connectivity index (χ0n) is 21.7. The number of rotatable bonds is 5. The summed E-state index contributed by atoms with van der Waals surface area (Å²) in [6.07, 6.45) is 9.59. The molecule has 0 spiro atoms. The molecule has 7 heteroatoms. The van der Waals surface area contributed by atoms with Crippen LogP contribution in [0.4, 0.5) is 5.69 Å². The van der Waals surface area contributed by atoms with Crippen molar-refractivity contribution in [1.82, 2.24) is 14.5 Å². The van der Waals surface area contributed by atoms with Crippen molar-refractivity contribution in [3.63, 3.8) is 0 Å². The predicted octanol–water partition coefficient (Wildman–Crippen LogP) is 4.72. The van der Waals surface area contributed by atoms with Gasteiger partial charge < -0.3 is 23.8 Å². The molecule has 2 saturated heterocycles. The molecule has 0 bridgehead atoms. The Kier molecular flexibility index (Phi) is 6.47. The van der Waals surface area contributed by atoms with Gasteiger partial charge in [-0.05, 0) is 73.6 Å². The summed E-state index contributed by atoms with van der Waals surface area (Å²) in [4.78, 5) is 22.6. The lowest BCUT2D eigenvalue weighted by Gasteiger charge is -2.35. The quantitative estimate of drug-likeness (QED) is 0.477. The normalized spacial score (nSPS) is 21.0. The zero-order valence-corrected chi connectivity index (χ0v) is 21.7. The molecule has 1 unspecified atom stereocenters. The number of anilines is 1. The highest BCUT2D eigenvalue weighted by molar-refractivity contribution is 5.99. The molecular formula is C30H34N4O3. The molecule has 37 heavy (non-hydrogen) atoms. The number of methoxy groups -OCH3 is 1. The van der Waals surface area contributed by atoms with Gasteiger partial charge in [0, 0.05) is 37.1 Å². The van der Waals surface area contributed by atoms with E-state index in [-0.39, 0.29) is 11.9 Å². The van der Waals surface area contributed by atoms with Gasteiger partial charge in [0.15, 0.2) is 0 Å². The van der Waals surface area contributed by atoms with Gasteiger partial charge in [0.2, 0.25) is 5.91 Å². The number of nitrogens with zero attached hydrogens (tertiary/aromatic N) is 4. The van der Waals surface area contributed by atoms with E-state index in [2.05, 4.69) is 33.0 Å². The van der Waals surface area contributed by atoms with Gasteiger partial charge in [0.25, 0.3) is 0 Å². The van der Waals surface area contributed by atoms with Crippen LogP contribution in [-0.4, -0.2) is 60.3 Å². The lowest BCUT2D eigenvalue weighted by molar-refractivity contribution is -0.131. The Balaban J connectivity index is 1.25. The van der Waals surface area contributed by atoms with E-state index in [9.17, 15) is 4.79 Å². The highest BCUT2D eigenvalue weighted by Gasteiger charge is 2.35. The van der Waals surface area contributed by atoms with Crippen molar-refractivity contribution in [3.8, 4) is 11.4 Å². The fourth-order valence-corrected chi connectivity index (χ4v) is 6.05. The smallest absolute Gasteiger partial charge is 0.250 e. The highest BCUT2D eigenvalue weighted by Crippen LogP contribution is 2.42. The van der Waals surface area contributed by atoms with E-state index in [4.69, 9.17) is 9.47 Å². The summed E-state index contributed by atoms with van der Waals surface area (Å²) >= 11 is 0. The molecule has 0 radical (unpaired) electrons. The van der Waals surface area contributed by atoms with Crippen molar-refractivity contribution in [2.45, 2.75) is 38.6 Å². The van der Waals surface area contributed by atoms with Gasteiger partial charge >= 0.3 is 0 Å². The fraction of sp³-hybridized carbons (Fsp3) is 0.400. The number of morpholine rings is 1. The lowest BCUT2D eigenvalue weighted by atomic mass is 9.97. The monoisotopic (exact) mass is 498 g/mol. The Morgan fingerprint density at radius 3 is 2.73 bits per heavy atom. The number of aryl methyl sites for hydroxylation is 1. The summed E-state index contributed by atoms with van der Waals surface area (Å²) in [6, 6.07) is 12.8. The van der Waals surface area contributed by atoms with Crippen molar-refractivity contribution in [3.05, 3.63) is 76.9 Å². The first-order valence-corrected chi connectivity index (χ1v) is 13.3. The second-order valence-corrected chi connectivity index (χ2v) is 10.1. The van der Waals surface area contributed by atoms with Gasteiger partial charge in [0.05, 0.1) is 44.1 Å². The maximum absolute atomic E-state index is 13.7. The van der Waals surface area contributed by atoms with Crippen molar-refractivity contribution >= 4 is 17.7 Å². The first kappa shape index (κ1) is 23.8. The summed E-state index contributed by atoms with van der Waals surface area (Å²) in [5, 5.41) is 0. The first-order valence-electron chi connectivity index (χ1n) is 13.3. The number of carbonyl (C=O) groups excluding carboxylic acids is 1. The van der Waals surface area contributed by atoms with Crippen LogP contribution in [0, 0.1) is 6.92 Å². The third kappa shape index (κ3) is 4.53. The van der Waals surface area contributed by atoms with Crippen LogP contribution in [0.25, 0.3) is 11.8 Å². The van der Waals surface area contributed by atoms with E-state index in [1.54, 1.807) is 13.4 Å². The molecule has 2 aromatic carbocycles. The minimum absolute atomic E-state index is 0.147. The summed E-state index contributed by atoms with van der Waals surface area (Å²) < 4.78 is 13.2. The average Bonchev–Trinajstić information content (AvgIpc) is 3.56. The number of piperidine rings is 1. The number of aromatic nitrogens is 2. The molecule has 1 aliphatic carbocycles. The van der Waals surface area contributed by atoms with Crippen molar-refractivity contribution in [1.29, 1.82) is 0 Å². The van der Waals surface area contributed by atoms with Gasteiger partial charge in [-0.3, -0.25) is 4.79 Å². The Morgan fingerprint density at radius 2 is 1.95 bits per heavy atom. The number of ether oxygens (including phenoxy) is 2. The molecule has 192 valence electrons. The standard InChI is InChI=1S/C30H34N4O3/c1-21-19-33(20-31-21)28-10-8-22(18-29(28)36-2)17-23-5-4-12-34(30(23)35)27-11-9-25-24(27)6-3-7-26(25)32-13-15-37-16-14-32/h3,6-8,10,17-20,27H,4-5,9,11-16H2,1-2H3. The molecule has 3 aromatic rings. The van der Waals surface area contributed by atoms with Gasteiger partial charge in [-0.1, -0.05) is 18.2 Å². The molecule has 3 heterocycles. The van der Waals surface area contributed by atoms with Crippen LogP contribution in [0.1, 0.15) is 47.7 Å². The van der Waals surface area contributed by atoms with Gasteiger partial charge in [0.1, 0.15) is 5.75 Å². The van der Waals surface area contributed by atoms with E-state index >= 15 is 0 Å². The minimum Gasteiger partial charge on any atom is -0.495 e. The number of likely N-dealkylation sites (tertiary alicyclic amines) is 1. The maximum atomic E-state index is 13.7. The predicted molar refractivity (Wildman–Crippen MR) is 144 cm³/mol. The molecule has 0 N–H and O–H groups in total. The van der Waals surface area contributed by atoms with Crippen LogP contribution < -0.4 is 9.64 Å². The number of fused-ring (bicyclic) bond motifs is 1. The number of hydrogen-bond acceptors (Lipinski definition) is 5. The second-order valence-electron chi connectivity index (χ2n) is 10.1. The number of imidazole rings is 1. The molecule has 1 aromatic heterocycles. The largest absolute Gasteiger partial charge is 0.495 e. The van der Waals surface area contributed by atoms with Crippen LogP contribution in [0.3, 0.4) is 0 Å². The molecule has 2 aliphatic heterocycles. The van der Waals surface area contributed by atoms with Gasteiger partial charge in [-0.15, -0.1) is 0 Å². The summed E-state index contributed by atoms with van der Waals surface area (Å²) in [7, 11) is 1.68. The van der Waals surface area contributed by atoms with E-state index in [1.165, 1.54) is 16.8 Å². The molecule has 3 aliphatic rings. The summed E-state index contributed by atoms with van der Waals surface area (Å²) in [5.41, 5.74) is 7.78. The number of benzene rings is 2. The second kappa shape index (κ2) is 10.1. The molecule has 1 atom stereocenters. The van der Waals surface area contributed by atoms with Crippen molar-refractivity contribution in [2.24, 2.45) is 0 Å². The van der Waals surface area contributed by atoms with Gasteiger partial charge in [-0.2, -0.15) is 0 Å². The molecule has 6 rings (SSSR count). The van der Waals surface area contributed by atoms with E-state index in [0.717, 1.165) is 86.8 Å².